The van der Waals surface area contributed by atoms with Gasteiger partial charge >= 0.3 is 5.97 Å². The molecule has 0 fully saturated rings. The Labute approximate surface area is 96.3 Å². The van der Waals surface area contributed by atoms with Gasteiger partial charge in [-0.1, -0.05) is 0 Å². The molecule has 2 aromatic rings. The van der Waals surface area contributed by atoms with Crippen LogP contribution in [0, 0.1) is 5.82 Å². The van der Waals surface area contributed by atoms with Gasteiger partial charge in [0.2, 0.25) is 0 Å². The lowest BCUT2D eigenvalue weighted by atomic mass is 10.2. The highest BCUT2D eigenvalue weighted by Crippen LogP contribution is 2.16. The van der Waals surface area contributed by atoms with E-state index in [9.17, 15) is 9.18 Å². The molecule has 0 saturated heterocycles. The number of methoxy groups -OCH3 is 1. The summed E-state index contributed by atoms with van der Waals surface area (Å²) >= 11 is 0. The van der Waals surface area contributed by atoms with E-state index in [1.54, 1.807) is 0 Å². The molecule has 0 aromatic carbocycles. The van der Waals surface area contributed by atoms with Crippen molar-refractivity contribution in [2.45, 2.75) is 0 Å². The van der Waals surface area contributed by atoms with Crippen molar-refractivity contribution in [3.8, 4) is 11.3 Å². The van der Waals surface area contributed by atoms with Crippen molar-refractivity contribution in [2.24, 2.45) is 0 Å². The molecule has 2 rings (SSSR count). The molecule has 86 valence electrons. The van der Waals surface area contributed by atoms with Crippen LogP contribution < -0.4 is 0 Å². The van der Waals surface area contributed by atoms with E-state index in [2.05, 4.69) is 19.7 Å². The molecule has 0 atom stereocenters. The predicted octanol–water partition coefficient (Wildman–Crippen LogP) is 1.46. The molecule has 0 N–H and O–H groups in total. The zero-order valence-corrected chi connectivity index (χ0v) is 8.92. The van der Waals surface area contributed by atoms with Crippen molar-refractivity contribution in [1.82, 2.24) is 15.0 Å². The van der Waals surface area contributed by atoms with Crippen molar-refractivity contribution in [1.29, 1.82) is 0 Å². The van der Waals surface area contributed by atoms with Gasteiger partial charge in [-0.15, -0.1) is 0 Å². The molecule has 2 heterocycles. The molecule has 0 amide bonds. The number of aromatic nitrogens is 3. The highest BCUT2D eigenvalue weighted by atomic mass is 19.1. The van der Waals surface area contributed by atoms with E-state index in [-0.39, 0.29) is 5.69 Å². The Morgan fingerprint density at radius 1 is 1.29 bits per heavy atom. The summed E-state index contributed by atoms with van der Waals surface area (Å²) in [7, 11) is 1.26. The van der Waals surface area contributed by atoms with E-state index in [1.165, 1.54) is 31.8 Å². The van der Waals surface area contributed by atoms with Gasteiger partial charge in [-0.2, -0.15) is 0 Å². The fourth-order valence-electron chi connectivity index (χ4n) is 1.28. The normalized spacial score (nSPS) is 10.0. The molecule has 0 radical (unpaired) electrons. The lowest BCUT2D eigenvalue weighted by Gasteiger charge is -2.02. The second-order valence-corrected chi connectivity index (χ2v) is 3.17. The predicted molar refractivity (Wildman–Crippen MR) is 56.6 cm³/mol. The Balaban J connectivity index is 2.43. The smallest absolute Gasteiger partial charge is 0.356 e. The largest absolute Gasteiger partial charge is 0.464 e. The summed E-state index contributed by atoms with van der Waals surface area (Å²) in [6.45, 7) is 0. The van der Waals surface area contributed by atoms with Crippen LogP contribution in [0.1, 0.15) is 10.5 Å². The second kappa shape index (κ2) is 4.65. The summed E-state index contributed by atoms with van der Waals surface area (Å²) in [5.41, 5.74) is 0.992. The summed E-state index contributed by atoms with van der Waals surface area (Å²) in [4.78, 5) is 22.7. The minimum absolute atomic E-state index is 0.113. The summed E-state index contributed by atoms with van der Waals surface area (Å²) in [6, 6.07) is 2.69. The first kappa shape index (κ1) is 11.1. The maximum atomic E-state index is 13.0. The number of esters is 1. The van der Waals surface area contributed by atoms with Gasteiger partial charge in [0.05, 0.1) is 19.0 Å². The number of nitrogens with zero attached hydrogens (tertiary/aromatic N) is 3. The third-order valence-electron chi connectivity index (χ3n) is 2.06. The van der Waals surface area contributed by atoms with Gasteiger partial charge in [-0.05, 0) is 12.1 Å². The van der Waals surface area contributed by atoms with Crippen LogP contribution >= 0.6 is 0 Å². The van der Waals surface area contributed by atoms with E-state index in [4.69, 9.17) is 0 Å². The Morgan fingerprint density at radius 2 is 2.12 bits per heavy atom. The molecule has 6 heteroatoms. The molecule has 0 spiro atoms. The molecule has 2 aromatic heterocycles. The van der Waals surface area contributed by atoms with Gasteiger partial charge in [0, 0.05) is 11.8 Å². The second-order valence-electron chi connectivity index (χ2n) is 3.17. The maximum absolute atomic E-state index is 13.0. The Hall–Kier alpha value is -2.37. The number of ether oxygens (including phenoxy) is 1. The number of rotatable bonds is 2. The van der Waals surface area contributed by atoms with E-state index in [1.807, 2.05) is 0 Å². The number of pyridine rings is 1. The fourth-order valence-corrected chi connectivity index (χ4v) is 1.28. The first-order valence-corrected chi connectivity index (χ1v) is 4.72. The third-order valence-corrected chi connectivity index (χ3v) is 2.06. The summed E-state index contributed by atoms with van der Waals surface area (Å²) in [5.74, 6) is -1.04. The van der Waals surface area contributed by atoms with Crippen LogP contribution in [0.25, 0.3) is 11.3 Å². The number of hydrogen-bond donors (Lipinski definition) is 0. The average molecular weight is 233 g/mol. The van der Waals surface area contributed by atoms with Gasteiger partial charge in [0.15, 0.2) is 5.69 Å². The number of halogens is 1. The van der Waals surface area contributed by atoms with Gasteiger partial charge in [0.1, 0.15) is 12.1 Å². The monoisotopic (exact) mass is 233 g/mol. The quantitative estimate of drug-likeness (QED) is 0.735. The highest BCUT2D eigenvalue weighted by molar-refractivity contribution is 5.88. The summed E-state index contributed by atoms with van der Waals surface area (Å²) < 4.78 is 17.5. The van der Waals surface area contributed by atoms with E-state index >= 15 is 0 Å². The Morgan fingerprint density at radius 3 is 2.82 bits per heavy atom. The molecule has 5 nitrogen and oxygen atoms in total. The maximum Gasteiger partial charge on any atom is 0.356 e. The van der Waals surface area contributed by atoms with Crippen molar-refractivity contribution < 1.29 is 13.9 Å². The van der Waals surface area contributed by atoms with Crippen molar-refractivity contribution in [3.05, 3.63) is 42.4 Å². The lowest BCUT2D eigenvalue weighted by molar-refractivity contribution is 0.0594. The van der Waals surface area contributed by atoms with Crippen LogP contribution in [-0.4, -0.2) is 28.0 Å². The molecule has 0 aliphatic rings. The summed E-state index contributed by atoms with van der Waals surface area (Å²) in [5, 5.41) is 0. The first-order valence-electron chi connectivity index (χ1n) is 4.72. The zero-order valence-electron chi connectivity index (χ0n) is 8.92. The number of carbonyl (C=O) groups excluding carboxylic acids is 1. The van der Waals surface area contributed by atoms with Gasteiger partial charge < -0.3 is 4.74 Å². The molecule has 17 heavy (non-hydrogen) atoms. The molecule has 0 unspecified atom stereocenters. The third kappa shape index (κ3) is 2.41. The molecule has 0 aliphatic heterocycles. The van der Waals surface area contributed by atoms with E-state index < -0.39 is 11.8 Å². The van der Waals surface area contributed by atoms with Crippen LogP contribution in [0.5, 0.6) is 0 Å². The van der Waals surface area contributed by atoms with Crippen molar-refractivity contribution >= 4 is 5.97 Å². The molecule has 0 aliphatic carbocycles. The van der Waals surface area contributed by atoms with Gasteiger partial charge in [-0.25, -0.2) is 19.2 Å². The van der Waals surface area contributed by atoms with Gasteiger partial charge in [0.25, 0.3) is 0 Å². The summed E-state index contributed by atoms with van der Waals surface area (Å²) in [6.07, 6.45) is 3.75. The molecular weight excluding hydrogens is 225 g/mol. The average Bonchev–Trinajstić information content (AvgIpc) is 2.38. The number of hydrogen-bond acceptors (Lipinski definition) is 5. The highest BCUT2D eigenvalue weighted by Gasteiger charge is 2.09. The van der Waals surface area contributed by atoms with Crippen LogP contribution in [0.4, 0.5) is 4.39 Å². The molecular formula is C11H8FN3O2. The Bertz CT molecular complexity index is 560. The van der Waals surface area contributed by atoms with Crippen LogP contribution in [-0.2, 0) is 4.74 Å². The minimum Gasteiger partial charge on any atom is -0.464 e. The van der Waals surface area contributed by atoms with Crippen molar-refractivity contribution in [3.63, 3.8) is 0 Å². The van der Waals surface area contributed by atoms with Crippen molar-refractivity contribution in [2.75, 3.05) is 7.11 Å². The van der Waals surface area contributed by atoms with Crippen LogP contribution in [0.15, 0.2) is 30.9 Å². The van der Waals surface area contributed by atoms with E-state index in [0.717, 1.165) is 6.20 Å². The van der Waals surface area contributed by atoms with Gasteiger partial charge in [-0.3, -0.25) is 4.98 Å². The Kier molecular flexibility index (Phi) is 3.04. The van der Waals surface area contributed by atoms with Crippen LogP contribution in [0.3, 0.4) is 0 Å². The molecule has 0 bridgehead atoms. The first-order chi connectivity index (χ1) is 8.20. The minimum atomic E-state index is -0.571. The standard InChI is InChI=1S/C11H8FN3O2/c1-17-11(16)10-3-9(14-6-15-10)7-2-8(12)5-13-4-7/h2-6H,1H3. The molecule has 0 saturated carbocycles. The fraction of sp³-hybridized carbons (Fsp3) is 0.0909. The van der Waals surface area contributed by atoms with Crippen LogP contribution in [0.2, 0.25) is 0 Å². The zero-order chi connectivity index (χ0) is 12.3. The SMILES string of the molecule is COC(=O)c1cc(-c2cncc(F)c2)ncn1. The lowest BCUT2D eigenvalue weighted by Crippen LogP contribution is -2.04. The van der Waals surface area contributed by atoms with E-state index in [0.29, 0.717) is 11.3 Å². The number of carbonyl (C=O) groups is 1. The topological polar surface area (TPSA) is 65.0 Å².